The van der Waals surface area contributed by atoms with Gasteiger partial charge in [-0.25, -0.2) is 4.79 Å². The molecule has 0 unspecified atom stereocenters. The molecule has 28 heavy (non-hydrogen) atoms. The van der Waals surface area contributed by atoms with Gasteiger partial charge in [-0.1, -0.05) is 6.07 Å². The van der Waals surface area contributed by atoms with E-state index in [2.05, 4.69) is 4.90 Å². The maximum Gasteiger partial charge on any atom is 0.410 e. The van der Waals surface area contributed by atoms with Gasteiger partial charge in [0.1, 0.15) is 11.4 Å². The van der Waals surface area contributed by atoms with Crippen molar-refractivity contribution in [1.82, 2.24) is 4.90 Å². The fourth-order valence-electron chi connectivity index (χ4n) is 3.47. The van der Waals surface area contributed by atoms with E-state index in [1.165, 1.54) is 0 Å². The Balaban J connectivity index is 2.26. The van der Waals surface area contributed by atoms with Crippen LogP contribution in [0.25, 0.3) is 0 Å². The number of anilines is 1. The molecule has 0 aromatic heterocycles. The van der Waals surface area contributed by atoms with Gasteiger partial charge in [-0.05, 0) is 56.9 Å². The molecular formula is C19H30FN3O4S. The highest BCUT2D eigenvalue weighted by Crippen LogP contribution is 2.32. The van der Waals surface area contributed by atoms with Crippen LogP contribution >= 0.6 is 0 Å². The first-order valence-corrected chi connectivity index (χ1v) is 10.8. The van der Waals surface area contributed by atoms with Crippen LogP contribution in [-0.2, 0) is 27.3 Å². The molecule has 0 atom stereocenters. The van der Waals surface area contributed by atoms with E-state index in [0.29, 0.717) is 31.7 Å². The lowest BCUT2D eigenvalue weighted by molar-refractivity contribution is 0.0240. The summed E-state index contributed by atoms with van der Waals surface area (Å²) in [5.41, 5.74) is 9.01. The molecule has 1 aliphatic heterocycles. The molecule has 0 radical (unpaired) electrons. The summed E-state index contributed by atoms with van der Waals surface area (Å²) in [5, 5.41) is 0. The van der Waals surface area contributed by atoms with Gasteiger partial charge in [-0.15, -0.1) is 3.89 Å². The second kappa shape index (κ2) is 8.24. The standard InChI is InChI=1S/C19H30FN3O4S/c1-13-15(11-21)10-16(12-28(20,25)26)14(2)17(13)22-6-8-23(9-7-22)18(24)27-19(3,4)5/h10H,6-9,11-12,21H2,1-5H3. The van der Waals surface area contributed by atoms with E-state index in [1.807, 2.05) is 27.7 Å². The number of rotatable bonds is 4. The largest absolute Gasteiger partial charge is 0.444 e. The summed E-state index contributed by atoms with van der Waals surface area (Å²) < 4.78 is 41.1. The number of hydrogen-bond donors (Lipinski definition) is 1. The smallest absolute Gasteiger partial charge is 0.410 e. The number of hydrogen-bond acceptors (Lipinski definition) is 6. The molecule has 2 N–H and O–H groups in total. The van der Waals surface area contributed by atoms with E-state index in [-0.39, 0.29) is 12.6 Å². The Hall–Kier alpha value is -1.87. The number of nitrogens with two attached hydrogens (primary N) is 1. The van der Waals surface area contributed by atoms with Crippen LogP contribution in [0.3, 0.4) is 0 Å². The van der Waals surface area contributed by atoms with Crippen LogP contribution in [0.1, 0.15) is 43.0 Å². The third-order valence-corrected chi connectivity index (χ3v) is 5.47. The summed E-state index contributed by atoms with van der Waals surface area (Å²) >= 11 is 0. The van der Waals surface area contributed by atoms with Crippen molar-refractivity contribution in [3.05, 3.63) is 28.3 Å². The number of halogens is 1. The van der Waals surface area contributed by atoms with Crippen molar-refractivity contribution in [3.8, 4) is 0 Å². The molecule has 7 nitrogen and oxygen atoms in total. The summed E-state index contributed by atoms with van der Waals surface area (Å²) in [6.07, 6.45) is -0.347. The van der Waals surface area contributed by atoms with Crippen LogP contribution in [-0.4, -0.2) is 51.2 Å². The van der Waals surface area contributed by atoms with Gasteiger partial charge in [0.2, 0.25) is 0 Å². The highest BCUT2D eigenvalue weighted by atomic mass is 32.3. The molecular weight excluding hydrogens is 385 g/mol. The van der Waals surface area contributed by atoms with Crippen LogP contribution in [0.2, 0.25) is 0 Å². The molecule has 1 saturated heterocycles. The van der Waals surface area contributed by atoms with Gasteiger partial charge in [-0.2, -0.15) is 8.42 Å². The minimum Gasteiger partial charge on any atom is -0.444 e. The third kappa shape index (κ3) is 5.57. The average molecular weight is 416 g/mol. The maximum absolute atomic E-state index is 13.3. The Bertz CT molecular complexity index is 842. The summed E-state index contributed by atoms with van der Waals surface area (Å²) in [5.74, 6) is -0.670. The number of ether oxygens (including phenoxy) is 1. The zero-order valence-corrected chi connectivity index (χ0v) is 18.0. The van der Waals surface area contributed by atoms with Gasteiger partial charge >= 0.3 is 16.3 Å². The highest BCUT2D eigenvalue weighted by Gasteiger charge is 2.28. The number of carbonyl (C=O) groups excluding carboxylic acids is 1. The topological polar surface area (TPSA) is 92.9 Å². The van der Waals surface area contributed by atoms with E-state index >= 15 is 0 Å². The SMILES string of the molecule is Cc1c(CN)cc(CS(=O)(=O)F)c(C)c1N1CCN(C(=O)OC(C)(C)C)CC1. The van der Waals surface area contributed by atoms with Crippen molar-refractivity contribution in [1.29, 1.82) is 0 Å². The predicted molar refractivity (Wildman–Crippen MR) is 108 cm³/mol. The lowest BCUT2D eigenvalue weighted by atomic mass is 9.96. The molecule has 1 fully saturated rings. The van der Waals surface area contributed by atoms with Gasteiger partial charge in [0.25, 0.3) is 0 Å². The normalized spacial score (nSPS) is 15.7. The monoisotopic (exact) mass is 415 g/mol. The van der Waals surface area contributed by atoms with E-state index < -0.39 is 21.6 Å². The summed E-state index contributed by atoms with van der Waals surface area (Å²) in [6, 6.07) is 1.67. The number of amides is 1. The van der Waals surface area contributed by atoms with Crippen LogP contribution < -0.4 is 10.6 Å². The zero-order valence-electron chi connectivity index (χ0n) is 17.2. The lowest BCUT2D eigenvalue weighted by Crippen LogP contribution is -2.50. The highest BCUT2D eigenvalue weighted by molar-refractivity contribution is 7.85. The van der Waals surface area contributed by atoms with Gasteiger partial charge < -0.3 is 20.3 Å². The molecule has 9 heteroatoms. The van der Waals surface area contributed by atoms with Crippen LogP contribution in [0, 0.1) is 13.8 Å². The van der Waals surface area contributed by atoms with E-state index in [9.17, 15) is 17.1 Å². The van der Waals surface area contributed by atoms with Gasteiger partial charge in [0.15, 0.2) is 0 Å². The van der Waals surface area contributed by atoms with Gasteiger partial charge in [0, 0.05) is 38.4 Å². The van der Waals surface area contributed by atoms with Crippen LogP contribution in [0.4, 0.5) is 14.4 Å². The number of piperazine rings is 1. The quantitative estimate of drug-likeness (QED) is 0.760. The molecule has 2 rings (SSSR count). The molecule has 0 saturated carbocycles. The number of carbonyl (C=O) groups is 1. The Labute approximate surface area is 166 Å². The molecule has 1 aliphatic rings. The van der Waals surface area contributed by atoms with Gasteiger partial charge in [-0.3, -0.25) is 0 Å². The van der Waals surface area contributed by atoms with Crippen molar-refractivity contribution in [2.24, 2.45) is 5.73 Å². The van der Waals surface area contributed by atoms with Crippen LogP contribution in [0.5, 0.6) is 0 Å². The van der Waals surface area contributed by atoms with Crippen molar-refractivity contribution >= 4 is 22.0 Å². The fourth-order valence-corrected chi connectivity index (χ4v) is 4.14. The van der Waals surface area contributed by atoms with Crippen molar-refractivity contribution in [3.63, 3.8) is 0 Å². The first kappa shape index (κ1) is 22.4. The molecule has 1 aromatic rings. The Kier molecular flexibility index (Phi) is 6.60. The Morgan fingerprint density at radius 3 is 2.14 bits per heavy atom. The van der Waals surface area contributed by atoms with E-state index in [4.69, 9.17) is 10.5 Å². The number of nitrogens with zero attached hydrogens (tertiary/aromatic N) is 2. The summed E-state index contributed by atoms with van der Waals surface area (Å²) in [4.78, 5) is 16.0. The molecule has 0 bridgehead atoms. The first-order valence-electron chi connectivity index (χ1n) is 9.29. The lowest BCUT2D eigenvalue weighted by Gasteiger charge is -2.38. The minimum atomic E-state index is -4.65. The van der Waals surface area contributed by atoms with E-state index in [0.717, 1.165) is 22.4 Å². The number of benzene rings is 1. The zero-order chi connectivity index (χ0) is 21.3. The third-order valence-electron chi connectivity index (χ3n) is 4.82. The molecule has 1 aromatic carbocycles. The van der Waals surface area contributed by atoms with Crippen molar-refractivity contribution < 1.29 is 21.8 Å². The fraction of sp³-hybridized carbons (Fsp3) is 0.632. The predicted octanol–water partition coefficient (Wildman–Crippen LogP) is 2.62. The first-order chi connectivity index (χ1) is 12.8. The molecule has 158 valence electrons. The molecule has 0 spiro atoms. The summed E-state index contributed by atoms with van der Waals surface area (Å²) in [6.45, 7) is 11.5. The second-order valence-corrected chi connectivity index (χ2v) is 9.50. The molecule has 1 heterocycles. The Morgan fingerprint density at radius 1 is 1.14 bits per heavy atom. The molecule has 0 aliphatic carbocycles. The second-order valence-electron chi connectivity index (χ2n) is 8.14. The van der Waals surface area contributed by atoms with E-state index in [1.54, 1.807) is 17.9 Å². The van der Waals surface area contributed by atoms with Gasteiger partial charge in [0.05, 0.1) is 0 Å². The Morgan fingerprint density at radius 2 is 1.68 bits per heavy atom. The summed E-state index contributed by atoms with van der Waals surface area (Å²) in [7, 11) is -4.65. The molecule has 1 amide bonds. The minimum absolute atomic E-state index is 0.232. The van der Waals surface area contributed by atoms with Crippen LogP contribution in [0.15, 0.2) is 6.07 Å². The van der Waals surface area contributed by atoms with Crippen molar-refractivity contribution in [2.45, 2.75) is 52.5 Å². The average Bonchev–Trinajstić information content (AvgIpc) is 2.55. The maximum atomic E-state index is 13.3. The van der Waals surface area contributed by atoms with Crippen molar-refractivity contribution in [2.75, 3.05) is 31.1 Å².